The lowest BCUT2D eigenvalue weighted by Crippen LogP contribution is -2.35. The highest BCUT2D eigenvalue weighted by molar-refractivity contribution is 6.64. The second kappa shape index (κ2) is 8.70. The molecule has 14 heavy (non-hydrogen) atoms. The maximum absolute atomic E-state index is 8.28. The van der Waals surface area contributed by atoms with Gasteiger partial charge in [-0.25, -0.2) is 0 Å². The molecular formula is C9H18N2O2Si. The monoisotopic (exact) mass is 214 g/mol. The van der Waals surface area contributed by atoms with Crippen LogP contribution in [-0.4, -0.2) is 21.8 Å². The molecule has 0 saturated carbocycles. The van der Waals surface area contributed by atoms with Crippen molar-refractivity contribution in [2.75, 3.05) is 13.2 Å². The van der Waals surface area contributed by atoms with Crippen molar-refractivity contribution in [3.8, 4) is 12.1 Å². The van der Waals surface area contributed by atoms with E-state index < -0.39 is 8.56 Å². The van der Waals surface area contributed by atoms with Gasteiger partial charge in [-0.2, -0.15) is 10.5 Å². The van der Waals surface area contributed by atoms with Gasteiger partial charge in [0.05, 0.1) is 25.0 Å². The first-order chi connectivity index (χ1) is 6.12. The van der Waals surface area contributed by atoms with E-state index in [4.69, 9.17) is 19.4 Å². The van der Waals surface area contributed by atoms with Crippen molar-refractivity contribution in [1.29, 1.82) is 10.5 Å². The Balaban J connectivity index is 0. The van der Waals surface area contributed by atoms with E-state index in [2.05, 4.69) is 0 Å². The van der Waals surface area contributed by atoms with E-state index in [0.29, 0.717) is 26.1 Å². The highest BCUT2D eigenvalue weighted by atomic mass is 28.4. The fourth-order valence-corrected chi connectivity index (χ4v) is 2.00. The summed E-state index contributed by atoms with van der Waals surface area (Å²) < 4.78 is 10.8. The summed E-state index contributed by atoms with van der Waals surface area (Å²) in [5.41, 5.74) is 0. The molecule has 0 N–H and O–H groups in total. The normalized spacial score (nSPS) is 9.71. The maximum atomic E-state index is 8.28. The summed E-state index contributed by atoms with van der Waals surface area (Å²) in [6.07, 6.45) is 0.774. The predicted octanol–water partition coefficient (Wildman–Crippen LogP) is 2.18. The summed E-state index contributed by atoms with van der Waals surface area (Å²) in [4.78, 5) is 0. The van der Waals surface area contributed by atoms with Crippen LogP contribution in [0.5, 0.6) is 0 Å². The van der Waals surface area contributed by atoms with Gasteiger partial charge in [-0.05, 0) is 13.1 Å². The van der Waals surface area contributed by atoms with Crippen molar-refractivity contribution < 1.29 is 8.85 Å². The molecule has 0 radical (unpaired) electrons. The summed E-state index contributed by atoms with van der Waals surface area (Å²) >= 11 is 0. The minimum atomic E-state index is -2.08. The van der Waals surface area contributed by atoms with E-state index in [9.17, 15) is 0 Å². The van der Waals surface area contributed by atoms with Gasteiger partial charge in [0.2, 0.25) is 0 Å². The lowest BCUT2D eigenvalue weighted by Gasteiger charge is -2.21. The van der Waals surface area contributed by atoms with Crippen LogP contribution in [0.4, 0.5) is 0 Å². The Labute approximate surface area is 87.3 Å². The quantitative estimate of drug-likeness (QED) is 0.502. The molecule has 0 rings (SSSR count). The van der Waals surface area contributed by atoms with Crippen LogP contribution in [0.25, 0.3) is 0 Å². The topological polar surface area (TPSA) is 66.0 Å². The first-order valence-electron chi connectivity index (χ1n) is 4.14. The average molecular weight is 214 g/mol. The van der Waals surface area contributed by atoms with Crippen molar-refractivity contribution in [3.63, 3.8) is 0 Å². The van der Waals surface area contributed by atoms with Crippen molar-refractivity contribution in [2.24, 2.45) is 0 Å². The van der Waals surface area contributed by atoms with Gasteiger partial charge in [-0.15, -0.1) is 0 Å². The fraction of sp³-hybridized carbons (Fsp3) is 0.778. The highest BCUT2D eigenvalue weighted by Crippen LogP contribution is 2.06. The third-order valence-electron chi connectivity index (χ3n) is 1.33. The number of rotatable bonds is 6. The van der Waals surface area contributed by atoms with E-state index in [0.717, 1.165) is 0 Å². The van der Waals surface area contributed by atoms with Gasteiger partial charge in [0.25, 0.3) is 0 Å². The van der Waals surface area contributed by atoms with Crippen LogP contribution in [0.2, 0.25) is 13.1 Å². The van der Waals surface area contributed by atoms with Crippen LogP contribution in [0, 0.1) is 22.7 Å². The van der Waals surface area contributed by atoms with Crippen molar-refractivity contribution in [3.05, 3.63) is 0 Å². The van der Waals surface area contributed by atoms with Crippen molar-refractivity contribution >= 4 is 8.56 Å². The Hall–Kier alpha value is -0.883. The van der Waals surface area contributed by atoms with E-state index in [1.54, 1.807) is 0 Å². The molecule has 4 nitrogen and oxygen atoms in total. The molecule has 80 valence electrons. The van der Waals surface area contributed by atoms with Crippen LogP contribution < -0.4 is 0 Å². The zero-order valence-corrected chi connectivity index (χ0v) is 9.04. The molecule has 0 saturated heterocycles. The summed E-state index contributed by atoms with van der Waals surface area (Å²) in [6, 6.07) is 3.99. The van der Waals surface area contributed by atoms with E-state index >= 15 is 0 Å². The van der Waals surface area contributed by atoms with Gasteiger partial charge in [-0.3, -0.25) is 0 Å². The van der Waals surface area contributed by atoms with Gasteiger partial charge in [0, 0.05) is 13.2 Å². The number of nitrogens with zero attached hydrogens (tertiary/aromatic N) is 2. The number of hydrogen-bond acceptors (Lipinski definition) is 4. The van der Waals surface area contributed by atoms with Gasteiger partial charge in [-0.1, -0.05) is 7.43 Å². The minimum Gasteiger partial charge on any atom is -0.393 e. The first kappa shape index (κ1) is 15.6. The van der Waals surface area contributed by atoms with Crippen molar-refractivity contribution in [2.45, 2.75) is 33.4 Å². The Morgan fingerprint density at radius 1 is 1.00 bits per heavy atom. The SMILES string of the molecule is C.C[Si](C)(OCCC#N)OCCC#N. The molecule has 0 bridgehead atoms. The van der Waals surface area contributed by atoms with E-state index in [1.165, 1.54) is 0 Å². The molecule has 0 unspecified atom stereocenters. The van der Waals surface area contributed by atoms with Crippen LogP contribution in [-0.2, 0) is 8.85 Å². The molecule has 0 aromatic heterocycles. The molecule has 0 aliphatic rings. The molecule has 0 atom stereocenters. The van der Waals surface area contributed by atoms with Gasteiger partial charge in [0.1, 0.15) is 0 Å². The van der Waals surface area contributed by atoms with Gasteiger partial charge >= 0.3 is 8.56 Å². The Morgan fingerprint density at radius 3 is 1.64 bits per heavy atom. The lowest BCUT2D eigenvalue weighted by atomic mass is 10.5. The molecule has 0 fully saturated rings. The standard InChI is InChI=1S/C8H14N2O2Si.CH4/c1-13(2,11-7-3-5-9)12-8-4-6-10;/h3-4,7-8H2,1-2H3;1H4. The van der Waals surface area contributed by atoms with E-state index in [1.807, 2.05) is 25.2 Å². The second-order valence-corrected chi connectivity index (χ2v) is 6.29. The average Bonchev–Trinajstić information content (AvgIpc) is 2.05. The second-order valence-electron chi connectivity index (χ2n) is 2.91. The number of nitriles is 2. The molecule has 0 heterocycles. The van der Waals surface area contributed by atoms with Crippen LogP contribution >= 0.6 is 0 Å². The summed E-state index contributed by atoms with van der Waals surface area (Å²) in [6.45, 7) is 4.65. The zero-order chi connectivity index (χ0) is 10.2. The molecule has 0 aromatic rings. The molecule has 0 aromatic carbocycles. The maximum Gasteiger partial charge on any atom is 0.331 e. The van der Waals surface area contributed by atoms with E-state index in [-0.39, 0.29) is 7.43 Å². The third-order valence-corrected chi connectivity index (χ3v) is 3.13. The Bertz CT molecular complexity index is 196. The summed E-state index contributed by atoms with van der Waals surface area (Å²) in [5, 5.41) is 16.6. The molecule has 0 aliphatic carbocycles. The smallest absolute Gasteiger partial charge is 0.331 e. The molecule has 0 spiro atoms. The Morgan fingerprint density at radius 2 is 1.36 bits per heavy atom. The Kier molecular flexibility index (Phi) is 9.69. The first-order valence-corrected chi connectivity index (χ1v) is 6.96. The minimum absolute atomic E-state index is 0. The molecule has 0 aliphatic heterocycles. The predicted molar refractivity (Wildman–Crippen MR) is 56.6 cm³/mol. The van der Waals surface area contributed by atoms with Crippen molar-refractivity contribution in [1.82, 2.24) is 0 Å². The van der Waals surface area contributed by atoms with Gasteiger partial charge < -0.3 is 8.85 Å². The van der Waals surface area contributed by atoms with Crippen LogP contribution in [0.1, 0.15) is 20.3 Å². The summed E-state index contributed by atoms with van der Waals surface area (Å²) in [7, 11) is -2.08. The van der Waals surface area contributed by atoms with Crippen LogP contribution in [0.3, 0.4) is 0 Å². The van der Waals surface area contributed by atoms with Gasteiger partial charge in [0.15, 0.2) is 0 Å². The van der Waals surface area contributed by atoms with Crippen LogP contribution in [0.15, 0.2) is 0 Å². The highest BCUT2D eigenvalue weighted by Gasteiger charge is 2.23. The molecule has 5 heteroatoms. The fourth-order valence-electron chi connectivity index (χ4n) is 0.727. The summed E-state index contributed by atoms with van der Waals surface area (Å²) in [5.74, 6) is 0. The zero-order valence-electron chi connectivity index (χ0n) is 8.04. The lowest BCUT2D eigenvalue weighted by molar-refractivity contribution is 0.186. The third kappa shape index (κ3) is 9.21. The number of hydrogen-bond donors (Lipinski definition) is 0. The largest absolute Gasteiger partial charge is 0.393 e. The molecular weight excluding hydrogens is 196 g/mol. The molecule has 0 amide bonds.